The molecule has 88 valence electrons. The van der Waals surface area contributed by atoms with E-state index in [0.29, 0.717) is 6.54 Å². The van der Waals surface area contributed by atoms with E-state index in [-0.39, 0.29) is 11.9 Å². The number of nitrogens with zero attached hydrogens (tertiary/aromatic N) is 1. The largest absolute Gasteiger partial charge is 0.358 e. The quantitative estimate of drug-likeness (QED) is 0.874. The minimum Gasteiger partial charge on any atom is -0.358 e. The number of carbonyl (C=O) groups excluding carboxylic acids is 1. The first-order valence-corrected chi connectivity index (χ1v) is 5.58. The first-order valence-electron chi connectivity index (χ1n) is 5.21. The summed E-state index contributed by atoms with van der Waals surface area (Å²) in [6.07, 6.45) is 0. The molecule has 1 rings (SSSR count). The lowest BCUT2D eigenvalue weighted by molar-refractivity contribution is -0.121. The van der Waals surface area contributed by atoms with Crippen LogP contribution in [0.25, 0.3) is 0 Å². The van der Waals surface area contributed by atoms with E-state index in [9.17, 15) is 4.79 Å². The van der Waals surface area contributed by atoms with Gasteiger partial charge in [-0.25, -0.2) is 0 Å². The van der Waals surface area contributed by atoms with Crippen molar-refractivity contribution < 1.29 is 4.79 Å². The molecule has 3 nitrogen and oxygen atoms in total. The number of hydrogen-bond donors (Lipinski definition) is 1. The maximum atomic E-state index is 11.2. The molecule has 0 saturated heterocycles. The predicted octanol–water partition coefficient (Wildman–Crippen LogP) is 2.08. The molecule has 0 aliphatic rings. The molecule has 16 heavy (non-hydrogen) atoms. The molecule has 0 aliphatic carbocycles. The van der Waals surface area contributed by atoms with E-state index in [4.69, 9.17) is 11.6 Å². The highest BCUT2D eigenvalue weighted by molar-refractivity contribution is 6.30. The SMILES string of the molecule is CNC(=O)CN(C)C(C)c1ccc(Cl)cc1. The Morgan fingerprint density at radius 1 is 1.44 bits per heavy atom. The van der Waals surface area contributed by atoms with Crippen molar-refractivity contribution in [3.63, 3.8) is 0 Å². The van der Waals surface area contributed by atoms with Crippen LogP contribution >= 0.6 is 11.6 Å². The number of amides is 1. The van der Waals surface area contributed by atoms with Gasteiger partial charge in [-0.15, -0.1) is 0 Å². The third-order valence-corrected chi connectivity index (χ3v) is 2.94. The Morgan fingerprint density at radius 2 is 2.00 bits per heavy atom. The minimum absolute atomic E-state index is 0.0170. The summed E-state index contributed by atoms with van der Waals surface area (Å²) in [6.45, 7) is 2.45. The molecule has 1 amide bonds. The van der Waals surface area contributed by atoms with E-state index < -0.39 is 0 Å². The molecule has 0 fully saturated rings. The van der Waals surface area contributed by atoms with E-state index >= 15 is 0 Å². The second kappa shape index (κ2) is 5.87. The van der Waals surface area contributed by atoms with Gasteiger partial charge in [0.15, 0.2) is 0 Å². The maximum absolute atomic E-state index is 11.2. The maximum Gasteiger partial charge on any atom is 0.233 e. The fourth-order valence-corrected chi connectivity index (χ4v) is 1.56. The smallest absolute Gasteiger partial charge is 0.233 e. The van der Waals surface area contributed by atoms with Crippen molar-refractivity contribution in [1.29, 1.82) is 0 Å². The van der Waals surface area contributed by atoms with Gasteiger partial charge in [-0.1, -0.05) is 23.7 Å². The first kappa shape index (κ1) is 13.0. The molecule has 0 heterocycles. The fraction of sp³-hybridized carbons (Fsp3) is 0.417. The van der Waals surface area contributed by atoms with Gasteiger partial charge in [0.1, 0.15) is 0 Å². The summed E-state index contributed by atoms with van der Waals surface area (Å²) < 4.78 is 0. The minimum atomic E-state index is 0.0170. The fourth-order valence-electron chi connectivity index (χ4n) is 1.44. The summed E-state index contributed by atoms with van der Waals surface area (Å²) >= 11 is 5.82. The average Bonchev–Trinajstić information content (AvgIpc) is 2.28. The lowest BCUT2D eigenvalue weighted by Crippen LogP contribution is -2.34. The summed E-state index contributed by atoms with van der Waals surface area (Å²) in [6, 6.07) is 7.87. The standard InChI is InChI=1S/C12H17ClN2O/c1-9(15(3)8-12(16)14-2)10-4-6-11(13)7-5-10/h4-7,9H,8H2,1-3H3,(H,14,16). The molecule has 0 aromatic heterocycles. The van der Waals surface area contributed by atoms with Gasteiger partial charge >= 0.3 is 0 Å². The van der Waals surface area contributed by atoms with Crippen molar-refractivity contribution in [2.75, 3.05) is 20.6 Å². The van der Waals surface area contributed by atoms with Crippen LogP contribution in [0.4, 0.5) is 0 Å². The molecule has 0 saturated carbocycles. The number of nitrogens with one attached hydrogen (secondary N) is 1. The molecule has 1 aromatic rings. The number of rotatable bonds is 4. The van der Waals surface area contributed by atoms with Crippen LogP contribution in [0, 0.1) is 0 Å². The molecule has 4 heteroatoms. The van der Waals surface area contributed by atoms with E-state index in [1.807, 2.05) is 36.2 Å². The summed E-state index contributed by atoms with van der Waals surface area (Å²) in [4.78, 5) is 13.2. The van der Waals surface area contributed by atoms with Crippen molar-refractivity contribution >= 4 is 17.5 Å². The van der Waals surface area contributed by atoms with Crippen molar-refractivity contribution in [2.45, 2.75) is 13.0 Å². The summed E-state index contributed by atoms with van der Waals surface area (Å²) in [5, 5.41) is 3.34. The Balaban J connectivity index is 2.66. The van der Waals surface area contributed by atoms with Gasteiger partial charge in [-0.05, 0) is 31.7 Å². The lowest BCUT2D eigenvalue weighted by atomic mass is 10.1. The van der Waals surface area contributed by atoms with Gasteiger partial charge in [0.05, 0.1) is 6.54 Å². The van der Waals surface area contributed by atoms with E-state index in [2.05, 4.69) is 12.2 Å². The predicted molar refractivity (Wildman–Crippen MR) is 66.6 cm³/mol. The van der Waals surface area contributed by atoms with Crippen LogP contribution in [0.1, 0.15) is 18.5 Å². The van der Waals surface area contributed by atoms with Crippen LogP contribution in [0.15, 0.2) is 24.3 Å². The zero-order chi connectivity index (χ0) is 12.1. The Kier molecular flexibility index (Phi) is 4.77. The van der Waals surface area contributed by atoms with Gasteiger partial charge in [0, 0.05) is 18.1 Å². The first-order chi connectivity index (χ1) is 7.54. The highest BCUT2D eigenvalue weighted by Gasteiger charge is 2.13. The Bertz CT molecular complexity index is 351. The van der Waals surface area contributed by atoms with Crippen molar-refractivity contribution in [2.24, 2.45) is 0 Å². The average molecular weight is 241 g/mol. The summed E-state index contributed by atoms with van der Waals surface area (Å²) in [5.41, 5.74) is 1.15. The van der Waals surface area contributed by atoms with Crippen LogP contribution in [-0.4, -0.2) is 31.4 Å². The van der Waals surface area contributed by atoms with Gasteiger partial charge in [0.2, 0.25) is 5.91 Å². The number of likely N-dealkylation sites (N-methyl/N-ethyl adjacent to an activating group) is 2. The zero-order valence-corrected chi connectivity index (χ0v) is 10.6. The van der Waals surface area contributed by atoms with Gasteiger partial charge < -0.3 is 5.32 Å². The number of hydrogen-bond acceptors (Lipinski definition) is 2. The highest BCUT2D eigenvalue weighted by atomic mass is 35.5. The molecule has 1 aromatic carbocycles. The van der Waals surface area contributed by atoms with Crippen LogP contribution in [0.5, 0.6) is 0 Å². The molecular weight excluding hydrogens is 224 g/mol. The third kappa shape index (κ3) is 3.51. The molecule has 1 atom stereocenters. The molecular formula is C12H17ClN2O. The summed E-state index contributed by atoms with van der Waals surface area (Å²) in [5.74, 6) is 0.0170. The van der Waals surface area contributed by atoms with Gasteiger partial charge in [-0.2, -0.15) is 0 Å². The second-order valence-corrected chi connectivity index (χ2v) is 4.25. The van der Waals surface area contributed by atoms with E-state index in [1.165, 1.54) is 0 Å². The van der Waals surface area contributed by atoms with Crippen LogP contribution < -0.4 is 5.32 Å². The van der Waals surface area contributed by atoms with Gasteiger partial charge in [0.25, 0.3) is 0 Å². The topological polar surface area (TPSA) is 32.3 Å². The molecule has 1 unspecified atom stereocenters. The van der Waals surface area contributed by atoms with E-state index in [0.717, 1.165) is 10.6 Å². The molecule has 1 N–H and O–H groups in total. The van der Waals surface area contributed by atoms with Gasteiger partial charge in [-0.3, -0.25) is 9.69 Å². The highest BCUT2D eigenvalue weighted by Crippen LogP contribution is 2.20. The number of halogens is 1. The Morgan fingerprint density at radius 3 is 2.50 bits per heavy atom. The number of carbonyl (C=O) groups is 1. The van der Waals surface area contributed by atoms with Crippen LogP contribution in [-0.2, 0) is 4.79 Å². The third-order valence-electron chi connectivity index (χ3n) is 2.69. The number of benzene rings is 1. The summed E-state index contributed by atoms with van der Waals surface area (Å²) in [7, 11) is 3.57. The molecule has 0 radical (unpaired) electrons. The van der Waals surface area contributed by atoms with Crippen LogP contribution in [0.3, 0.4) is 0 Å². The monoisotopic (exact) mass is 240 g/mol. The lowest BCUT2D eigenvalue weighted by Gasteiger charge is -2.24. The van der Waals surface area contributed by atoms with Crippen molar-refractivity contribution in [3.05, 3.63) is 34.9 Å². The zero-order valence-electron chi connectivity index (χ0n) is 9.83. The Hall–Kier alpha value is -1.06. The van der Waals surface area contributed by atoms with Crippen molar-refractivity contribution in [3.8, 4) is 0 Å². The van der Waals surface area contributed by atoms with Crippen LogP contribution in [0.2, 0.25) is 5.02 Å². The molecule has 0 spiro atoms. The second-order valence-electron chi connectivity index (χ2n) is 3.82. The normalized spacial score (nSPS) is 12.6. The Labute approximate surface area is 101 Å². The van der Waals surface area contributed by atoms with E-state index in [1.54, 1.807) is 7.05 Å². The molecule has 0 aliphatic heterocycles. The molecule has 0 bridgehead atoms. The van der Waals surface area contributed by atoms with Crippen molar-refractivity contribution in [1.82, 2.24) is 10.2 Å².